The molecule has 1 fully saturated rings. The number of ether oxygens (including phenoxy) is 1. The second-order valence-electron chi connectivity index (χ2n) is 5.52. The lowest BCUT2D eigenvalue weighted by Crippen LogP contribution is -2.40. The molecule has 1 amide bonds. The highest BCUT2D eigenvalue weighted by atomic mass is 32.1. The van der Waals surface area contributed by atoms with E-state index in [0.29, 0.717) is 35.7 Å². The first kappa shape index (κ1) is 16.7. The number of pyridine rings is 1. The minimum absolute atomic E-state index is 0.0253. The number of amides is 1. The minimum Gasteiger partial charge on any atom is -0.466 e. The van der Waals surface area contributed by atoms with E-state index in [2.05, 4.69) is 4.98 Å². The Bertz CT molecular complexity index is 585. The van der Waals surface area contributed by atoms with Gasteiger partial charge in [0.2, 0.25) is 0 Å². The zero-order chi connectivity index (χ0) is 15.9. The maximum Gasteiger partial charge on any atom is 0.305 e. The molecule has 22 heavy (non-hydrogen) atoms. The van der Waals surface area contributed by atoms with Crippen molar-refractivity contribution >= 4 is 24.1 Å². The molecule has 0 unspecified atom stereocenters. The number of nitrogens with zero attached hydrogens (tertiary/aromatic N) is 1. The molecule has 0 saturated carbocycles. The Morgan fingerprint density at radius 1 is 1.50 bits per heavy atom. The number of rotatable bonds is 5. The summed E-state index contributed by atoms with van der Waals surface area (Å²) in [7, 11) is 0. The smallest absolute Gasteiger partial charge is 0.305 e. The Balaban J connectivity index is 1.93. The van der Waals surface area contributed by atoms with Crippen LogP contribution in [0, 0.1) is 10.6 Å². The maximum absolute atomic E-state index is 12.6. The number of H-pyrrole nitrogens is 1. The molecule has 2 heterocycles. The molecule has 1 atom stereocenters. The lowest BCUT2D eigenvalue weighted by atomic mass is 9.93. The van der Waals surface area contributed by atoms with Crippen LogP contribution in [0.4, 0.5) is 0 Å². The van der Waals surface area contributed by atoms with Crippen molar-refractivity contribution in [3.8, 4) is 0 Å². The van der Waals surface area contributed by atoms with Crippen LogP contribution in [0.3, 0.4) is 0 Å². The van der Waals surface area contributed by atoms with Crippen LogP contribution in [-0.4, -0.2) is 41.5 Å². The van der Waals surface area contributed by atoms with Crippen molar-refractivity contribution in [2.75, 3.05) is 19.7 Å². The Hall–Kier alpha value is -1.69. The minimum atomic E-state index is -0.156. The van der Waals surface area contributed by atoms with Crippen LogP contribution >= 0.6 is 12.2 Å². The number of nitrogens with one attached hydrogen (secondary N) is 1. The van der Waals surface area contributed by atoms with Crippen molar-refractivity contribution in [2.45, 2.75) is 32.6 Å². The van der Waals surface area contributed by atoms with Gasteiger partial charge in [-0.05, 0) is 44.2 Å². The number of hydrogen-bond acceptors (Lipinski definition) is 4. The SMILES string of the molecule is CCOC(=O)CC[C@@H]1CCCN(C(=O)c2ccc[nH]c2=S)C1. The molecule has 1 N–H and O–H groups in total. The third-order valence-corrected chi connectivity index (χ3v) is 4.25. The summed E-state index contributed by atoms with van der Waals surface area (Å²) in [5, 5.41) is 0. The highest BCUT2D eigenvalue weighted by molar-refractivity contribution is 7.71. The van der Waals surface area contributed by atoms with Crippen LogP contribution in [0.2, 0.25) is 0 Å². The summed E-state index contributed by atoms with van der Waals surface area (Å²) < 4.78 is 5.43. The number of likely N-dealkylation sites (tertiary alicyclic amines) is 1. The summed E-state index contributed by atoms with van der Waals surface area (Å²) in [5.74, 6) is 0.169. The monoisotopic (exact) mass is 322 g/mol. The number of carbonyl (C=O) groups is 2. The van der Waals surface area contributed by atoms with E-state index in [0.717, 1.165) is 25.8 Å². The van der Waals surface area contributed by atoms with Crippen molar-refractivity contribution < 1.29 is 14.3 Å². The molecule has 6 heteroatoms. The van der Waals surface area contributed by atoms with Crippen LogP contribution in [-0.2, 0) is 9.53 Å². The first-order chi connectivity index (χ1) is 10.6. The lowest BCUT2D eigenvalue weighted by Gasteiger charge is -2.32. The van der Waals surface area contributed by atoms with Crippen LogP contribution < -0.4 is 0 Å². The molecule has 0 spiro atoms. The fourth-order valence-corrected chi connectivity index (χ4v) is 3.02. The second kappa shape index (κ2) is 8.08. The van der Waals surface area contributed by atoms with Crippen molar-refractivity contribution in [3.05, 3.63) is 28.5 Å². The highest BCUT2D eigenvalue weighted by Crippen LogP contribution is 2.22. The second-order valence-corrected chi connectivity index (χ2v) is 5.92. The number of aromatic amines is 1. The largest absolute Gasteiger partial charge is 0.466 e. The van der Waals surface area contributed by atoms with Crippen LogP contribution in [0.25, 0.3) is 0 Å². The summed E-state index contributed by atoms with van der Waals surface area (Å²) >= 11 is 5.18. The summed E-state index contributed by atoms with van der Waals surface area (Å²) in [5.41, 5.74) is 0.545. The average Bonchev–Trinajstić information content (AvgIpc) is 2.53. The first-order valence-electron chi connectivity index (χ1n) is 7.74. The Morgan fingerprint density at radius 2 is 2.32 bits per heavy atom. The van der Waals surface area contributed by atoms with Crippen LogP contribution in [0.15, 0.2) is 18.3 Å². The van der Waals surface area contributed by atoms with Crippen LogP contribution in [0.5, 0.6) is 0 Å². The van der Waals surface area contributed by atoms with Crippen molar-refractivity contribution in [1.29, 1.82) is 0 Å². The molecule has 1 aliphatic heterocycles. The number of carbonyl (C=O) groups excluding carboxylic acids is 2. The predicted octanol–water partition coefficient (Wildman–Crippen LogP) is 2.94. The third kappa shape index (κ3) is 4.40. The summed E-state index contributed by atoms with van der Waals surface area (Å²) in [6, 6.07) is 3.54. The van der Waals surface area contributed by atoms with Crippen molar-refractivity contribution in [2.24, 2.45) is 5.92 Å². The molecule has 2 rings (SSSR count). The van der Waals surface area contributed by atoms with E-state index in [1.54, 1.807) is 18.3 Å². The number of aromatic nitrogens is 1. The average molecular weight is 322 g/mol. The normalized spacial score (nSPS) is 18.0. The van der Waals surface area contributed by atoms with Gasteiger partial charge in [0, 0.05) is 25.7 Å². The molecule has 1 aromatic rings. The summed E-state index contributed by atoms with van der Waals surface area (Å²) in [6.07, 6.45) is 4.92. The zero-order valence-corrected chi connectivity index (χ0v) is 13.7. The fourth-order valence-electron chi connectivity index (χ4n) is 2.80. The predicted molar refractivity (Wildman–Crippen MR) is 86.1 cm³/mol. The van der Waals surface area contributed by atoms with Gasteiger partial charge in [-0.1, -0.05) is 12.2 Å². The van der Waals surface area contributed by atoms with Crippen LogP contribution in [0.1, 0.15) is 43.0 Å². The maximum atomic E-state index is 12.6. The molecule has 0 aliphatic carbocycles. The van der Waals surface area contributed by atoms with Gasteiger partial charge in [-0.15, -0.1) is 0 Å². The molecule has 1 aliphatic rings. The molecule has 0 bridgehead atoms. The topological polar surface area (TPSA) is 62.4 Å². The highest BCUT2D eigenvalue weighted by Gasteiger charge is 2.25. The Kier molecular flexibility index (Phi) is 6.12. The van der Waals surface area contributed by atoms with E-state index in [1.165, 1.54) is 0 Å². The standard InChI is InChI=1S/C16H22N2O3S/c1-2-21-14(19)8-7-12-5-4-10-18(11-12)16(20)13-6-3-9-17-15(13)22/h3,6,9,12H,2,4-5,7-8,10-11H2,1H3,(H,17,22)/t12-/m0/s1. The molecule has 1 aromatic heterocycles. The van der Waals surface area contributed by atoms with Gasteiger partial charge in [-0.25, -0.2) is 0 Å². The quantitative estimate of drug-likeness (QED) is 0.669. The molecule has 5 nitrogen and oxygen atoms in total. The Labute approximate surface area is 135 Å². The van der Waals surface area contributed by atoms with E-state index in [1.807, 2.05) is 11.8 Å². The van der Waals surface area contributed by atoms with Gasteiger partial charge in [-0.3, -0.25) is 9.59 Å². The van der Waals surface area contributed by atoms with Crippen molar-refractivity contribution in [1.82, 2.24) is 9.88 Å². The first-order valence-corrected chi connectivity index (χ1v) is 8.15. The summed E-state index contributed by atoms with van der Waals surface area (Å²) in [4.78, 5) is 28.7. The molecule has 0 radical (unpaired) electrons. The van der Waals surface area contributed by atoms with Gasteiger partial charge in [0.05, 0.1) is 12.2 Å². The molecular weight excluding hydrogens is 300 g/mol. The van der Waals surface area contributed by atoms with Gasteiger partial charge >= 0.3 is 5.97 Å². The molecule has 0 aromatic carbocycles. The Morgan fingerprint density at radius 3 is 3.05 bits per heavy atom. The van der Waals surface area contributed by atoms with Gasteiger partial charge in [-0.2, -0.15) is 0 Å². The van der Waals surface area contributed by atoms with E-state index in [4.69, 9.17) is 17.0 Å². The lowest BCUT2D eigenvalue weighted by molar-refractivity contribution is -0.143. The molecular formula is C16H22N2O3S. The van der Waals surface area contributed by atoms with E-state index < -0.39 is 0 Å². The zero-order valence-electron chi connectivity index (χ0n) is 12.8. The van der Waals surface area contributed by atoms with E-state index in [9.17, 15) is 9.59 Å². The van der Waals surface area contributed by atoms with E-state index >= 15 is 0 Å². The van der Waals surface area contributed by atoms with Gasteiger partial charge in [0.1, 0.15) is 4.64 Å². The number of esters is 1. The van der Waals surface area contributed by atoms with Gasteiger partial charge in [0.25, 0.3) is 5.91 Å². The van der Waals surface area contributed by atoms with Gasteiger partial charge < -0.3 is 14.6 Å². The third-order valence-electron chi connectivity index (χ3n) is 3.92. The molecule has 120 valence electrons. The molecule has 1 saturated heterocycles. The van der Waals surface area contributed by atoms with E-state index in [-0.39, 0.29) is 11.9 Å². The summed E-state index contributed by atoms with van der Waals surface area (Å²) in [6.45, 7) is 3.66. The van der Waals surface area contributed by atoms with Gasteiger partial charge in [0.15, 0.2) is 0 Å². The fraction of sp³-hybridized carbons (Fsp3) is 0.562. The van der Waals surface area contributed by atoms with Crippen molar-refractivity contribution in [3.63, 3.8) is 0 Å². The number of hydrogen-bond donors (Lipinski definition) is 1. The number of piperidine rings is 1.